The average Bonchev–Trinajstić information content (AvgIpc) is 3.41. The van der Waals surface area contributed by atoms with Crippen LogP contribution in [0.3, 0.4) is 0 Å². The fraction of sp³-hybridized carbons (Fsp3) is 0.133. The molecule has 0 spiro atoms. The Bertz CT molecular complexity index is 1530. The van der Waals surface area contributed by atoms with Crippen LogP contribution in [0.25, 0.3) is 0 Å². The van der Waals surface area contributed by atoms with Crippen molar-refractivity contribution < 1.29 is 19.2 Å². The molecule has 0 saturated carbocycles. The molecule has 2 fully saturated rings. The van der Waals surface area contributed by atoms with Crippen molar-refractivity contribution in [2.24, 2.45) is 11.8 Å². The van der Waals surface area contributed by atoms with Gasteiger partial charge in [-0.25, -0.2) is 4.90 Å². The van der Waals surface area contributed by atoms with Gasteiger partial charge in [-0.15, -0.1) is 0 Å². The highest BCUT2D eigenvalue weighted by molar-refractivity contribution is 9.10. The zero-order valence-corrected chi connectivity index (χ0v) is 23.0. The summed E-state index contributed by atoms with van der Waals surface area (Å²) >= 11 is 6.78. The summed E-state index contributed by atoms with van der Waals surface area (Å²) in [5.41, 5.74) is 1.85. The molecule has 2 amide bonds. The van der Waals surface area contributed by atoms with Gasteiger partial charge in [0.1, 0.15) is 6.04 Å². The molecule has 0 bridgehead atoms. The number of fused-ring (bicyclic) bond motifs is 3. The highest BCUT2D eigenvalue weighted by atomic mass is 79.9. The van der Waals surface area contributed by atoms with Gasteiger partial charge in [-0.05, 0) is 42.5 Å². The van der Waals surface area contributed by atoms with E-state index in [-0.39, 0.29) is 17.5 Å². The Morgan fingerprint density at radius 2 is 1.32 bits per heavy atom. The Labute approximate surface area is 235 Å². The van der Waals surface area contributed by atoms with Crippen molar-refractivity contribution in [1.29, 1.82) is 0 Å². The second kappa shape index (κ2) is 9.60. The minimum absolute atomic E-state index is 0.178. The number of carbonyl (C=O) groups is 4. The van der Waals surface area contributed by atoms with E-state index in [4.69, 9.17) is 0 Å². The maximum atomic E-state index is 13.9. The summed E-state index contributed by atoms with van der Waals surface area (Å²) in [6.45, 7) is 0. The fourth-order valence-corrected chi connectivity index (χ4v) is 6.11. The van der Waals surface area contributed by atoms with Gasteiger partial charge in [-0.2, -0.15) is 0 Å². The summed E-state index contributed by atoms with van der Waals surface area (Å²) in [6, 6.07) is 21.3. The van der Waals surface area contributed by atoms with E-state index >= 15 is 0 Å². The highest BCUT2D eigenvalue weighted by Gasteiger charge is 2.63. The van der Waals surface area contributed by atoms with E-state index in [1.54, 1.807) is 96.0 Å². The molecule has 4 atom stereocenters. The number of amides is 2. The van der Waals surface area contributed by atoms with Gasteiger partial charge in [0.15, 0.2) is 11.6 Å². The molecule has 6 rings (SSSR count). The molecule has 3 aromatic carbocycles. The maximum absolute atomic E-state index is 13.9. The molecular formula is C30H20Br2N2O4. The predicted octanol–water partition coefficient (Wildman–Crippen LogP) is 5.59. The van der Waals surface area contributed by atoms with Gasteiger partial charge in [-0.3, -0.25) is 19.2 Å². The topological polar surface area (TPSA) is 74.8 Å². The largest absolute Gasteiger partial charge is 0.359 e. The van der Waals surface area contributed by atoms with Gasteiger partial charge in [-0.1, -0.05) is 80.4 Å². The van der Waals surface area contributed by atoms with Crippen LogP contribution in [0.1, 0.15) is 20.7 Å². The molecule has 3 aliphatic heterocycles. The minimum Gasteiger partial charge on any atom is -0.359 e. The Kier molecular flexibility index (Phi) is 6.24. The quantitative estimate of drug-likeness (QED) is 0.271. The van der Waals surface area contributed by atoms with Crippen molar-refractivity contribution in [2.75, 3.05) is 4.90 Å². The molecule has 0 aromatic heterocycles. The average molecular weight is 632 g/mol. The van der Waals surface area contributed by atoms with Gasteiger partial charge in [0, 0.05) is 31.8 Å². The first-order chi connectivity index (χ1) is 18.3. The molecule has 0 unspecified atom stereocenters. The molecule has 0 N–H and O–H groups in total. The number of hydrogen-bond acceptors (Lipinski definition) is 5. The Morgan fingerprint density at radius 1 is 0.711 bits per heavy atom. The van der Waals surface area contributed by atoms with Crippen LogP contribution < -0.4 is 4.90 Å². The number of anilines is 1. The number of nitrogens with zero attached hydrogens (tertiary/aromatic N) is 2. The first-order valence-corrected chi connectivity index (χ1v) is 13.6. The van der Waals surface area contributed by atoms with Crippen LogP contribution >= 0.6 is 31.9 Å². The van der Waals surface area contributed by atoms with Crippen LogP contribution in [0, 0.1) is 11.8 Å². The van der Waals surface area contributed by atoms with Crippen molar-refractivity contribution in [2.45, 2.75) is 12.1 Å². The SMILES string of the molecule is O=C(C1=C[C@@H]2[C@@H]3C(=O)N(c4ccc(Br)cc4)C(=O)[C@@H]3[C@@H](C(=O)c3ccc(Br)cc3)N2C=C1)c1ccccc1. The summed E-state index contributed by atoms with van der Waals surface area (Å²) in [5.74, 6) is -2.91. The second-order valence-electron chi connectivity index (χ2n) is 9.43. The number of Topliss-reactive ketones (excluding diaryl/α,β-unsaturated/α-hetero) is 2. The van der Waals surface area contributed by atoms with E-state index in [2.05, 4.69) is 31.9 Å². The van der Waals surface area contributed by atoms with E-state index in [1.165, 1.54) is 4.90 Å². The van der Waals surface area contributed by atoms with Gasteiger partial charge >= 0.3 is 0 Å². The maximum Gasteiger partial charge on any atom is 0.240 e. The molecule has 3 heterocycles. The van der Waals surface area contributed by atoms with Gasteiger partial charge in [0.2, 0.25) is 11.8 Å². The van der Waals surface area contributed by atoms with E-state index in [0.29, 0.717) is 22.4 Å². The lowest BCUT2D eigenvalue weighted by atomic mass is 9.85. The van der Waals surface area contributed by atoms with E-state index in [9.17, 15) is 19.2 Å². The Hall–Kier alpha value is -3.62. The minimum atomic E-state index is -0.889. The molecule has 3 aliphatic rings. The van der Waals surface area contributed by atoms with Crippen LogP contribution in [0.15, 0.2) is 112 Å². The monoisotopic (exact) mass is 630 g/mol. The molecule has 3 aromatic rings. The number of rotatable bonds is 5. The van der Waals surface area contributed by atoms with E-state index < -0.39 is 29.8 Å². The normalized spacial score (nSPS) is 23.8. The van der Waals surface area contributed by atoms with E-state index in [1.807, 2.05) is 6.07 Å². The Morgan fingerprint density at radius 3 is 1.97 bits per heavy atom. The first kappa shape index (κ1) is 24.7. The van der Waals surface area contributed by atoms with Crippen molar-refractivity contribution in [3.63, 3.8) is 0 Å². The zero-order valence-electron chi connectivity index (χ0n) is 19.8. The van der Waals surface area contributed by atoms with Crippen molar-refractivity contribution >= 4 is 60.9 Å². The molecule has 188 valence electrons. The van der Waals surface area contributed by atoms with Crippen molar-refractivity contribution in [1.82, 2.24) is 4.90 Å². The Balaban J connectivity index is 1.43. The van der Waals surface area contributed by atoms with Gasteiger partial charge < -0.3 is 4.90 Å². The number of halogens is 2. The second-order valence-corrected chi connectivity index (χ2v) is 11.3. The van der Waals surface area contributed by atoms with Gasteiger partial charge in [0.25, 0.3) is 0 Å². The molecule has 0 radical (unpaired) electrons. The molecule has 0 aliphatic carbocycles. The molecule has 38 heavy (non-hydrogen) atoms. The van der Waals surface area contributed by atoms with Crippen molar-refractivity contribution in [3.05, 3.63) is 123 Å². The number of imide groups is 1. The lowest BCUT2D eigenvalue weighted by Crippen LogP contribution is -2.46. The number of allylic oxidation sites excluding steroid dienone is 2. The summed E-state index contributed by atoms with van der Waals surface area (Å²) in [5, 5.41) is 0. The van der Waals surface area contributed by atoms with Crippen LogP contribution in [-0.4, -0.2) is 40.4 Å². The lowest BCUT2D eigenvalue weighted by Gasteiger charge is -2.32. The summed E-state index contributed by atoms with van der Waals surface area (Å²) in [4.78, 5) is 57.8. The van der Waals surface area contributed by atoms with Crippen LogP contribution in [0.5, 0.6) is 0 Å². The third-order valence-electron chi connectivity index (χ3n) is 7.33. The smallest absolute Gasteiger partial charge is 0.240 e. The molecule has 2 saturated heterocycles. The first-order valence-electron chi connectivity index (χ1n) is 12.1. The summed E-state index contributed by atoms with van der Waals surface area (Å²) < 4.78 is 1.65. The zero-order chi connectivity index (χ0) is 26.6. The number of benzene rings is 3. The molecular weight excluding hydrogens is 612 g/mol. The summed E-state index contributed by atoms with van der Waals surface area (Å²) in [6.07, 6.45) is 5.08. The summed E-state index contributed by atoms with van der Waals surface area (Å²) in [7, 11) is 0. The third-order valence-corrected chi connectivity index (χ3v) is 8.39. The number of hydrogen-bond donors (Lipinski definition) is 0. The standard InChI is InChI=1S/C30H20Br2N2O4/c31-20-8-6-18(7-9-20)28(36)26-25-24(29(37)34(30(25)38)22-12-10-21(32)11-13-22)23-16-19(14-15-33(23)26)27(35)17-4-2-1-3-5-17/h1-16,23-26H/t23-,24+,25+,26+/m1/s1. The van der Waals surface area contributed by atoms with E-state index in [0.717, 1.165) is 8.95 Å². The lowest BCUT2D eigenvalue weighted by molar-refractivity contribution is -0.123. The van der Waals surface area contributed by atoms with Crippen LogP contribution in [-0.2, 0) is 9.59 Å². The van der Waals surface area contributed by atoms with Crippen LogP contribution in [0.4, 0.5) is 5.69 Å². The van der Waals surface area contributed by atoms with Crippen molar-refractivity contribution in [3.8, 4) is 0 Å². The third kappa shape index (κ3) is 3.99. The highest BCUT2D eigenvalue weighted by Crippen LogP contribution is 2.47. The van der Waals surface area contributed by atoms with Crippen LogP contribution in [0.2, 0.25) is 0 Å². The van der Waals surface area contributed by atoms with Gasteiger partial charge in [0.05, 0.1) is 23.6 Å². The fourth-order valence-electron chi connectivity index (χ4n) is 5.58. The predicted molar refractivity (Wildman–Crippen MR) is 149 cm³/mol. The molecule has 8 heteroatoms. The number of ketones is 2. The molecule has 6 nitrogen and oxygen atoms in total. The number of carbonyl (C=O) groups excluding carboxylic acids is 4.